The third kappa shape index (κ3) is 3.59. The van der Waals surface area contributed by atoms with Crippen molar-refractivity contribution in [2.75, 3.05) is 6.61 Å². The first-order chi connectivity index (χ1) is 14.0. The fourth-order valence-electron chi connectivity index (χ4n) is 3.38. The van der Waals surface area contributed by atoms with Crippen LogP contribution in [0.4, 0.5) is 0 Å². The normalized spacial score (nSPS) is 27.3. The summed E-state index contributed by atoms with van der Waals surface area (Å²) >= 11 is 0. The Morgan fingerprint density at radius 3 is 2.48 bits per heavy atom. The molecule has 9 nitrogen and oxygen atoms in total. The van der Waals surface area contributed by atoms with Gasteiger partial charge in [-0.05, 0) is 36.2 Å². The molecule has 154 valence electrons. The van der Waals surface area contributed by atoms with Gasteiger partial charge in [0.15, 0.2) is 5.75 Å². The van der Waals surface area contributed by atoms with Crippen LogP contribution in [-0.4, -0.2) is 72.7 Å². The number of hydrogen-bond donors (Lipinski definition) is 4. The molecule has 4 N–H and O–H groups in total. The van der Waals surface area contributed by atoms with Gasteiger partial charge in [-0.3, -0.25) is 0 Å². The quantitative estimate of drug-likeness (QED) is 0.476. The molecule has 29 heavy (non-hydrogen) atoms. The molecule has 3 aromatic rings. The van der Waals surface area contributed by atoms with Gasteiger partial charge >= 0.3 is 0 Å². The van der Waals surface area contributed by atoms with E-state index in [1.807, 2.05) is 24.3 Å². The molecular formula is C20H23N3O6. The van der Waals surface area contributed by atoms with Crippen molar-refractivity contribution in [2.45, 2.75) is 44.1 Å². The summed E-state index contributed by atoms with van der Waals surface area (Å²) < 4.78 is 12.9. The van der Waals surface area contributed by atoms with Crippen LogP contribution in [0.15, 0.2) is 42.5 Å². The fraction of sp³-hybridized carbons (Fsp3) is 0.400. The third-order valence-electron chi connectivity index (χ3n) is 5.11. The van der Waals surface area contributed by atoms with Crippen LogP contribution in [0, 0.1) is 0 Å². The van der Waals surface area contributed by atoms with E-state index in [4.69, 9.17) is 9.47 Å². The Balaban J connectivity index is 1.70. The van der Waals surface area contributed by atoms with E-state index in [1.165, 1.54) is 5.56 Å². The van der Waals surface area contributed by atoms with Crippen LogP contribution in [0.2, 0.25) is 0 Å². The van der Waals surface area contributed by atoms with E-state index in [2.05, 4.69) is 17.2 Å². The predicted molar refractivity (Wildman–Crippen MR) is 103 cm³/mol. The van der Waals surface area contributed by atoms with E-state index >= 15 is 0 Å². The predicted octanol–water partition coefficient (Wildman–Crippen LogP) is 0.162. The van der Waals surface area contributed by atoms with E-state index in [-0.39, 0.29) is 0 Å². The van der Waals surface area contributed by atoms with Crippen LogP contribution in [-0.2, 0) is 11.2 Å². The number of nitrogens with zero attached hydrogens (tertiary/aromatic N) is 3. The van der Waals surface area contributed by atoms with Gasteiger partial charge in [0.25, 0.3) is 0 Å². The molecule has 0 bridgehead atoms. The minimum atomic E-state index is -1.52. The van der Waals surface area contributed by atoms with Gasteiger partial charge in [0, 0.05) is 0 Å². The molecule has 5 atom stereocenters. The molecule has 0 radical (unpaired) electrons. The van der Waals surface area contributed by atoms with Crippen molar-refractivity contribution in [2.24, 2.45) is 0 Å². The molecule has 2 heterocycles. The molecule has 1 aliphatic heterocycles. The van der Waals surface area contributed by atoms with Crippen molar-refractivity contribution < 1.29 is 29.9 Å². The van der Waals surface area contributed by atoms with Crippen LogP contribution in [0.25, 0.3) is 16.7 Å². The maximum absolute atomic E-state index is 10.3. The molecule has 1 unspecified atom stereocenters. The van der Waals surface area contributed by atoms with Gasteiger partial charge in [-0.2, -0.15) is 0 Å². The second-order valence-electron chi connectivity index (χ2n) is 6.96. The molecule has 1 aromatic heterocycles. The molecule has 0 aliphatic carbocycles. The van der Waals surface area contributed by atoms with Gasteiger partial charge in [0.05, 0.1) is 12.3 Å². The number of aliphatic hydroxyl groups is 4. The standard InChI is InChI=1S/C20H23N3O6/c1-2-11-6-8-12(9-7-11)23-16-13(21-22-23)4-3-5-14(16)28-20-19(27)18(26)17(25)15(10-24)29-20/h3-9,15,17-20,24-27H,2,10H2,1H3/t15-,17-,18+,19-,20?/m0/s1. The highest BCUT2D eigenvalue weighted by molar-refractivity contribution is 5.82. The van der Waals surface area contributed by atoms with Crippen molar-refractivity contribution in [3.63, 3.8) is 0 Å². The number of para-hydroxylation sites is 1. The average molecular weight is 401 g/mol. The highest BCUT2D eigenvalue weighted by Crippen LogP contribution is 2.30. The molecule has 1 aliphatic rings. The van der Waals surface area contributed by atoms with E-state index in [1.54, 1.807) is 22.9 Å². The lowest BCUT2D eigenvalue weighted by Crippen LogP contribution is -2.60. The minimum Gasteiger partial charge on any atom is -0.460 e. The third-order valence-corrected chi connectivity index (χ3v) is 5.11. The molecule has 0 amide bonds. The summed E-state index contributed by atoms with van der Waals surface area (Å²) in [4.78, 5) is 0. The lowest BCUT2D eigenvalue weighted by atomic mass is 9.99. The Bertz CT molecular complexity index is 974. The summed E-state index contributed by atoms with van der Waals surface area (Å²) in [5.41, 5.74) is 3.12. The summed E-state index contributed by atoms with van der Waals surface area (Å²) in [5, 5.41) is 48.0. The van der Waals surface area contributed by atoms with Gasteiger partial charge in [-0.1, -0.05) is 30.3 Å². The summed E-state index contributed by atoms with van der Waals surface area (Å²) in [6, 6.07) is 13.0. The zero-order valence-corrected chi connectivity index (χ0v) is 15.8. The second kappa shape index (κ2) is 8.05. The van der Waals surface area contributed by atoms with Crippen LogP contribution in [0.1, 0.15) is 12.5 Å². The van der Waals surface area contributed by atoms with Crippen LogP contribution < -0.4 is 4.74 Å². The van der Waals surface area contributed by atoms with E-state index < -0.39 is 37.3 Å². The van der Waals surface area contributed by atoms with E-state index in [9.17, 15) is 20.4 Å². The number of rotatable bonds is 5. The number of ether oxygens (including phenoxy) is 2. The number of aromatic nitrogens is 3. The number of benzene rings is 2. The summed E-state index contributed by atoms with van der Waals surface area (Å²) in [5.74, 6) is 0.330. The Morgan fingerprint density at radius 1 is 1.03 bits per heavy atom. The topological polar surface area (TPSA) is 130 Å². The van der Waals surface area contributed by atoms with Crippen LogP contribution in [0.3, 0.4) is 0 Å². The number of fused-ring (bicyclic) bond motifs is 1. The zero-order chi connectivity index (χ0) is 20.5. The summed E-state index contributed by atoms with van der Waals surface area (Å²) in [6.07, 6.45) is -5.89. The summed E-state index contributed by atoms with van der Waals surface area (Å²) in [7, 11) is 0. The summed E-state index contributed by atoms with van der Waals surface area (Å²) in [6.45, 7) is 1.55. The highest BCUT2D eigenvalue weighted by atomic mass is 16.7. The number of hydrogen-bond acceptors (Lipinski definition) is 8. The second-order valence-corrected chi connectivity index (χ2v) is 6.96. The highest BCUT2D eigenvalue weighted by Gasteiger charge is 2.44. The Kier molecular flexibility index (Phi) is 5.48. The van der Waals surface area contributed by atoms with Crippen molar-refractivity contribution >= 4 is 11.0 Å². The fourth-order valence-corrected chi connectivity index (χ4v) is 3.38. The molecule has 0 spiro atoms. The molecule has 4 rings (SSSR count). The minimum absolute atomic E-state index is 0.330. The molecular weight excluding hydrogens is 378 g/mol. The lowest BCUT2D eigenvalue weighted by molar-refractivity contribution is -0.277. The lowest BCUT2D eigenvalue weighted by Gasteiger charge is -2.39. The molecule has 1 saturated heterocycles. The Hall–Kier alpha value is -2.56. The van der Waals surface area contributed by atoms with Gasteiger partial charge in [-0.25, -0.2) is 4.68 Å². The monoisotopic (exact) mass is 401 g/mol. The van der Waals surface area contributed by atoms with E-state index in [0.717, 1.165) is 12.1 Å². The van der Waals surface area contributed by atoms with Gasteiger partial charge in [-0.15, -0.1) is 5.10 Å². The van der Waals surface area contributed by atoms with E-state index in [0.29, 0.717) is 16.8 Å². The largest absolute Gasteiger partial charge is 0.460 e. The molecule has 1 fully saturated rings. The smallest absolute Gasteiger partial charge is 0.229 e. The van der Waals surface area contributed by atoms with Crippen molar-refractivity contribution in [3.05, 3.63) is 48.0 Å². The zero-order valence-electron chi connectivity index (χ0n) is 15.8. The Labute approximate surface area is 166 Å². The van der Waals surface area contributed by atoms with Crippen molar-refractivity contribution in [3.8, 4) is 11.4 Å². The maximum Gasteiger partial charge on any atom is 0.229 e. The first kappa shape index (κ1) is 19.7. The maximum atomic E-state index is 10.3. The molecule has 2 aromatic carbocycles. The van der Waals surface area contributed by atoms with Crippen molar-refractivity contribution in [1.82, 2.24) is 15.0 Å². The average Bonchev–Trinajstić information content (AvgIpc) is 3.19. The van der Waals surface area contributed by atoms with Gasteiger partial charge in [0.1, 0.15) is 35.4 Å². The van der Waals surface area contributed by atoms with Crippen LogP contribution in [0.5, 0.6) is 5.75 Å². The first-order valence-electron chi connectivity index (χ1n) is 9.44. The molecule has 0 saturated carbocycles. The SMILES string of the molecule is CCc1ccc(-n2nnc3cccc(OC4O[C@@H](CO)[C@H](O)[C@@H](O)[C@@H]4O)c32)cc1. The molecule has 9 heteroatoms. The van der Waals surface area contributed by atoms with Gasteiger partial charge in [0.2, 0.25) is 6.29 Å². The number of aryl methyl sites for hydroxylation is 1. The number of aliphatic hydroxyl groups excluding tert-OH is 4. The first-order valence-corrected chi connectivity index (χ1v) is 9.44. The van der Waals surface area contributed by atoms with Gasteiger partial charge < -0.3 is 29.9 Å². The Morgan fingerprint density at radius 2 is 1.79 bits per heavy atom. The van der Waals surface area contributed by atoms with Crippen LogP contribution >= 0.6 is 0 Å². The van der Waals surface area contributed by atoms with Crippen molar-refractivity contribution in [1.29, 1.82) is 0 Å².